The van der Waals surface area contributed by atoms with Crippen LogP contribution in [0.2, 0.25) is 0 Å². The number of nitrogens with zero attached hydrogens (tertiary/aromatic N) is 2. The van der Waals surface area contributed by atoms with E-state index in [1.54, 1.807) is 21.5 Å². The lowest BCUT2D eigenvalue weighted by molar-refractivity contribution is 0.149. The Kier molecular flexibility index (Phi) is 3.69. The Hall–Kier alpha value is -1.07. The number of rotatable bonds is 6. The molecule has 1 aromatic rings. The maximum atomic E-state index is 11.9. The van der Waals surface area contributed by atoms with Gasteiger partial charge in [-0.2, -0.15) is 0 Å². The molecule has 1 aliphatic rings. The molecule has 0 amide bonds. The predicted molar refractivity (Wildman–Crippen MR) is 66.1 cm³/mol. The second-order valence-corrected chi connectivity index (χ2v) is 5.07. The molecule has 0 aliphatic heterocycles. The minimum atomic E-state index is -0.503. The fourth-order valence-corrected chi connectivity index (χ4v) is 1.84. The topological polar surface area (TPSA) is 59.2 Å². The van der Waals surface area contributed by atoms with Crippen LogP contribution in [0.4, 0.5) is 0 Å². The second kappa shape index (κ2) is 5.06. The summed E-state index contributed by atoms with van der Waals surface area (Å²) in [4.78, 5) is 11.9. The molecule has 17 heavy (non-hydrogen) atoms. The minimum Gasteiger partial charge on any atom is -0.390 e. The Labute approximate surface area is 101 Å². The summed E-state index contributed by atoms with van der Waals surface area (Å²) < 4.78 is 3.24. The Morgan fingerprint density at radius 3 is 2.71 bits per heavy atom. The highest BCUT2D eigenvalue weighted by molar-refractivity contribution is 4.86. The van der Waals surface area contributed by atoms with Gasteiger partial charge in [0, 0.05) is 31.0 Å². The monoisotopic (exact) mass is 239 g/mol. The Bertz CT molecular complexity index is 418. The fraction of sp³-hybridized carbons (Fsp3) is 0.750. The van der Waals surface area contributed by atoms with Crippen molar-refractivity contribution in [2.75, 3.05) is 6.54 Å². The second-order valence-electron chi connectivity index (χ2n) is 5.07. The molecule has 2 rings (SSSR count). The summed E-state index contributed by atoms with van der Waals surface area (Å²) in [5.74, 6) is 0. The zero-order chi connectivity index (χ0) is 12.4. The van der Waals surface area contributed by atoms with E-state index in [1.807, 2.05) is 13.8 Å². The van der Waals surface area contributed by atoms with Crippen LogP contribution in [0.5, 0.6) is 0 Å². The molecule has 2 N–H and O–H groups in total. The number of hydrogen-bond donors (Lipinski definition) is 2. The van der Waals surface area contributed by atoms with Crippen LogP contribution >= 0.6 is 0 Å². The van der Waals surface area contributed by atoms with Crippen molar-refractivity contribution in [1.82, 2.24) is 14.5 Å². The normalized spacial score (nSPS) is 17.6. The van der Waals surface area contributed by atoms with E-state index < -0.39 is 6.10 Å². The smallest absolute Gasteiger partial charge is 0.328 e. The molecule has 0 spiro atoms. The summed E-state index contributed by atoms with van der Waals surface area (Å²) in [5.41, 5.74) is -0.0505. The average Bonchev–Trinajstić information content (AvgIpc) is 3.02. The van der Waals surface area contributed by atoms with Crippen LogP contribution in [0.15, 0.2) is 17.2 Å². The summed E-state index contributed by atoms with van der Waals surface area (Å²) in [6.07, 6.45) is 5.42. The average molecular weight is 239 g/mol. The molecule has 96 valence electrons. The quantitative estimate of drug-likeness (QED) is 0.753. The van der Waals surface area contributed by atoms with Gasteiger partial charge in [-0.05, 0) is 26.7 Å². The van der Waals surface area contributed by atoms with E-state index in [0.717, 1.165) is 0 Å². The van der Waals surface area contributed by atoms with E-state index in [2.05, 4.69) is 5.32 Å². The van der Waals surface area contributed by atoms with Gasteiger partial charge in [-0.15, -0.1) is 0 Å². The van der Waals surface area contributed by atoms with Gasteiger partial charge in [0.05, 0.1) is 12.6 Å². The molecule has 1 aliphatic carbocycles. The van der Waals surface area contributed by atoms with Crippen molar-refractivity contribution < 1.29 is 5.11 Å². The van der Waals surface area contributed by atoms with E-state index in [-0.39, 0.29) is 11.7 Å². The third-order valence-corrected chi connectivity index (χ3v) is 3.06. The van der Waals surface area contributed by atoms with Gasteiger partial charge in [0.25, 0.3) is 0 Å². The predicted octanol–water partition coefficient (Wildman–Crippen LogP) is 0.344. The van der Waals surface area contributed by atoms with E-state index in [0.29, 0.717) is 19.1 Å². The van der Waals surface area contributed by atoms with Crippen molar-refractivity contribution in [2.24, 2.45) is 0 Å². The third-order valence-electron chi connectivity index (χ3n) is 3.06. The van der Waals surface area contributed by atoms with Crippen LogP contribution < -0.4 is 11.0 Å². The number of imidazole rings is 1. The lowest BCUT2D eigenvalue weighted by atomic mass is 10.3. The number of aliphatic hydroxyl groups is 1. The zero-order valence-corrected chi connectivity index (χ0v) is 10.5. The van der Waals surface area contributed by atoms with Crippen LogP contribution in [0.25, 0.3) is 0 Å². The van der Waals surface area contributed by atoms with Crippen molar-refractivity contribution in [1.29, 1.82) is 0 Å². The summed E-state index contributed by atoms with van der Waals surface area (Å²) in [6.45, 7) is 4.86. The van der Waals surface area contributed by atoms with Crippen LogP contribution in [0.1, 0.15) is 32.7 Å². The lowest BCUT2D eigenvalue weighted by Crippen LogP contribution is -2.35. The van der Waals surface area contributed by atoms with Gasteiger partial charge >= 0.3 is 5.69 Å². The molecule has 5 heteroatoms. The fourth-order valence-electron chi connectivity index (χ4n) is 1.84. The Morgan fingerprint density at radius 1 is 1.47 bits per heavy atom. The summed E-state index contributed by atoms with van der Waals surface area (Å²) in [7, 11) is 0. The van der Waals surface area contributed by atoms with Crippen molar-refractivity contribution in [3.63, 3.8) is 0 Å². The molecule has 5 nitrogen and oxygen atoms in total. The summed E-state index contributed by atoms with van der Waals surface area (Å²) >= 11 is 0. The van der Waals surface area contributed by atoms with Gasteiger partial charge in [-0.25, -0.2) is 4.79 Å². The molecular formula is C12H21N3O2. The van der Waals surface area contributed by atoms with Crippen LogP contribution in [-0.4, -0.2) is 32.9 Å². The molecular weight excluding hydrogens is 218 g/mol. The molecule has 1 heterocycles. The first-order valence-electron chi connectivity index (χ1n) is 6.26. The third kappa shape index (κ3) is 3.20. The molecule has 1 saturated carbocycles. The van der Waals surface area contributed by atoms with Gasteiger partial charge in [0.15, 0.2) is 0 Å². The standard InChI is InChI=1S/C12H21N3O2/c1-9(2)15-6-5-14(12(15)17)8-11(16)7-13-10-3-4-10/h5-6,9-11,13,16H,3-4,7-8H2,1-2H3. The molecule has 0 saturated heterocycles. The van der Waals surface area contributed by atoms with Crippen LogP contribution in [-0.2, 0) is 6.54 Å². The lowest BCUT2D eigenvalue weighted by Gasteiger charge is -2.11. The first-order valence-corrected chi connectivity index (χ1v) is 6.26. The molecule has 0 aromatic carbocycles. The molecule has 1 fully saturated rings. The Balaban J connectivity index is 1.90. The van der Waals surface area contributed by atoms with E-state index in [4.69, 9.17) is 0 Å². The van der Waals surface area contributed by atoms with Gasteiger partial charge in [0.2, 0.25) is 0 Å². The minimum absolute atomic E-state index is 0.0505. The molecule has 0 bridgehead atoms. The largest absolute Gasteiger partial charge is 0.390 e. The van der Waals surface area contributed by atoms with Crippen LogP contribution in [0, 0.1) is 0 Å². The molecule has 0 radical (unpaired) electrons. The highest BCUT2D eigenvalue weighted by Crippen LogP contribution is 2.18. The summed E-state index contributed by atoms with van der Waals surface area (Å²) in [5, 5.41) is 13.1. The zero-order valence-electron chi connectivity index (χ0n) is 10.5. The Morgan fingerprint density at radius 2 is 2.18 bits per heavy atom. The van der Waals surface area contributed by atoms with E-state index in [1.165, 1.54) is 12.8 Å². The van der Waals surface area contributed by atoms with Crippen molar-refractivity contribution in [2.45, 2.75) is 51.4 Å². The number of hydrogen-bond acceptors (Lipinski definition) is 3. The highest BCUT2D eigenvalue weighted by Gasteiger charge is 2.21. The van der Waals surface area contributed by atoms with Crippen molar-refractivity contribution in [3.8, 4) is 0 Å². The van der Waals surface area contributed by atoms with Gasteiger partial charge < -0.3 is 10.4 Å². The number of nitrogens with one attached hydrogen (secondary N) is 1. The van der Waals surface area contributed by atoms with Crippen LogP contribution in [0.3, 0.4) is 0 Å². The van der Waals surface area contributed by atoms with Gasteiger partial charge in [0.1, 0.15) is 0 Å². The molecule has 1 unspecified atom stereocenters. The van der Waals surface area contributed by atoms with Gasteiger partial charge in [-0.3, -0.25) is 9.13 Å². The van der Waals surface area contributed by atoms with Crippen molar-refractivity contribution in [3.05, 3.63) is 22.9 Å². The number of aromatic nitrogens is 2. The van der Waals surface area contributed by atoms with E-state index in [9.17, 15) is 9.90 Å². The summed E-state index contributed by atoms with van der Waals surface area (Å²) in [6, 6.07) is 0.743. The number of aliphatic hydroxyl groups excluding tert-OH is 1. The van der Waals surface area contributed by atoms with Crippen molar-refractivity contribution >= 4 is 0 Å². The first kappa shape index (κ1) is 12.4. The maximum Gasteiger partial charge on any atom is 0.328 e. The SMILES string of the molecule is CC(C)n1ccn(CC(O)CNC2CC2)c1=O. The first-order chi connectivity index (χ1) is 8.08. The maximum absolute atomic E-state index is 11.9. The highest BCUT2D eigenvalue weighted by atomic mass is 16.3. The molecule has 1 atom stereocenters. The van der Waals surface area contributed by atoms with Gasteiger partial charge in [-0.1, -0.05) is 0 Å². The van der Waals surface area contributed by atoms with E-state index >= 15 is 0 Å². The molecule has 1 aromatic heterocycles.